The third-order valence-corrected chi connectivity index (χ3v) is 5.93. The smallest absolute Gasteiger partial charge is 0.295 e. The van der Waals surface area contributed by atoms with Gasteiger partial charge in [-0.2, -0.15) is 0 Å². The molecule has 1 aliphatic heterocycles. The molecule has 1 heterocycles. The van der Waals surface area contributed by atoms with Crippen molar-refractivity contribution < 1.29 is 28.9 Å². The van der Waals surface area contributed by atoms with E-state index in [0.29, 0.717) is 54.6 Å². The van der Waals surface area contributed by atoms with Crippen LogP contribution in [0.1, 0.15) is 51.3 Å². The molecule has 0 radical (unpaired) electrons. The number of carbonyl (C=O) groups excluding carboxylic acids is 2. The number of Topliss-reactive ketones (excluding diaryl/α,β-unsaturated/α-hetero) is 1. The summed E-state index contributed by atoms with van der Waals surface area (Å²) < 4.78 is 17.2. The summed E-state index contributed by atoms with van der Waals surface area (Å²) in [5.41, 5.74) is 1.15. The number of aliphatic hydroxyl groups excluding tert-OH is 1. The number of hydrogen-bond donors (Lipinski definition) is 1. The summed E-state index contributed by atoms with van der Waals surface area (Å²) in [5, 5.41) is 11.3. The first-order chi connectivity index (χ1) is 17.7. The Morgan fingerprint density at radius 2 is 1.65 bits per heavy atom. The van der Waals surface area contributed by atoms with Crippen molar-refractivity contribution >= 4 is 17.4 Å². The highest BCUT2D eigenvalue weighted by molar-refractivity contribution is 6.46. The van der Waals surface area contributed by atoms with Crippen LogP contribution in [-0.2, 0) is 9.59 Å². The lowest BCUT2D eigenvalue weighted by atomic mass is 9.95. The van der Waals surface area contributed by atoms with Gasteiger partial charge in [0.1, 0.15) is 11.5 Å². The van der Waals surface area contributed by atoms with Crippen LogP contribution >= 0.6 is 0 Å². The second-order valence-electron chi connectivity index (χ2n) is 9.41. The summed E-state index contributed by atoms with van der Waals surface area (Å²) in [4.78, 5) is 30.1. The molecule has 2 aromatic rings. The molecule has 1 saturated heterocycles. The van der Waals surface area contributed by atoms with Crippen LogP contribution in [0.25, 0.3) is 5.76 Å². The maximum absolute atomic E-state index is 13.3. The normalized spacial score (nSPS) is 17.1. The second-order valence-corrected chi connectivity index (χ2v) is 9.41. The molecule has 1 atom stereocenters. The SMILES string of the molecule is CCOc1ccc([C@@H]2/C(=C(\O)c3ccc(OC(C)C)cc3)C(=O)C(=O)N2CCCN(C)C)cc1OCC. The monoisotopic (exact) mass is 510 g/mol. The molecule has 1 amide bonds. The van der Waals surface area contributed by atoms with Gasteiger partial charge in [0.25, 0.3) is 11.7 Å². The Bertz CT molecular complexity index is 1120. The Hall–Kier alpha value is -3.52. The van der Waals surface area contributed by atoms with Crippen molar-refractivity contribution in [3.05, 3.63) is 59.2 Å². The van der Waals surface area contributed by atoms with Gasteiger partial charge in [0.2, 0.25) is 0 Å². The molecule has 1 N–H and O–H groups in total. The number of carbonyl (C=O) groups is 2. The maximum atomic E-state index is 13.3. The first kappa shape index (κ1) is 28.1. The van der Waals surface area contributed by atoms with Crippen LogP contribution in [0.15, 0.2) is 48.0 Å². The van der Waals surface area contributed by atoms with Crippen molar-refractivity contribution in [3.63, 3.8) is 0 Å². The molecule has 8 heteroatoms. The quantitative estimate of drug-likeness (QED) is 0.253. The third kappa shape index (κ3) is 6.63. The van der Waals surface area contributed by atoms with Gasteiger partial charge >= 0.3 is 0 Å². The van der Waals surface area contributed by atoms with E-state index in [0.717, 1.165) is 6.54 Å². The minimum absolute atomic E-state index is 0.00568. The highest BCUT2D eigenvalue weighted by atomic mass is 16.5. The fourth-order valence-electron chi connectivity index (χ4n) is 4.37. The Kier molecular flexibility index (Phi) is 9.58. The molecule has 0 spiro atoms. The number of ketones is 1. The molecule has 37 heavy (non-hydrogen) atoms. The van der Waals surface area contributed by atoms with Gasteiger partial charge in [-0.1, -0.05) is 6.07 Å². The number of amides is 1. The van der Waals surface area contributed by atoms with Gasteiger partial charge in [-0.3, -0.25) is 9.59 Å². The van der Waals surface area contributed by atoms with Crippen molar-refractivity contribution in [1.29, 1.82) is 0 Å². The van der Waals surface area contributed by atoms with Gasteiger partial charge in [0.05, 0.1) is 30.9 Å². The van der Waals surface area contributed by atoms with Crippen molar-refractivity contribution in [2.75, 3.05) is 40.4 Å². The zero-order valence-corrected chi connectivity index (χ0v) is 22.6. The van der Waals surface area contributed by atoms with E-state index in [1.54, 1.807) is 41.3 Å². The van der Waals surface area contributed by atoms with Crippen LogP contribution in [0.5, 0.6) is 17.2 Å². The van der Waals surface area contributed by atoms with Crippen LogP contribution < -0.4 is 14.2 Å². The summed E-state index contributed by atoms with van der Waals surface area (Å²) in [7, 11) is 3.91. The first-order valence-corrected chi connectivity index (χ1v) is 12.8. The fraction of sp³-hybridized carbons (Fsp3) is 0.448. The highest BCUT2D eigenvalue weighted by Gasteiger charge is 2.46. The zero-order valence-electron chi connectivity index (χ0n) is 22.6. The molecule has 0 saturated carbocycles. The van der Waals surface area contributed by atoms with Gasteiger partial charge in [0.15, 0.2) is 11.5 Å². The highest BCUT2D eigenvalue weighted by Crippen LogP contribution is 2.42. The first-order valence-electron chi connectivity index (χ1n) is 12.8. The van der Waals surface area contributed by atoms with Gasteiger partial charge in [0, 0.05) is 12.1 Å². The zero-order chi connectivity index (χ0) is 27.1. The predicted molar refractivity (Wildman–Crippen MR) is 143 cm³/mol. The molecule has 0 aromatic heterocycles. The number of likely N-dealkylation sites (tertiary alicyclic amines) is 1. The Labute approximate surface area is 219 Å². The molecule has 200 valence electrons. The van der Waals surface area contributed by atoms with Crippen LogP contribution in [-0.4, -0.2) is 73.1 Å². The predicted octanol–water partition coefficient (Wildman–Crippen LogP) is 4.64. The molecule has 1 aliphatic rings. The lowest BCUT2D eigenvalue weighted by Crippen LogP contribution is -2.32. The summed E-state index contributed by atoms with van der Waals surface area (Å²) in [6.45, 7) is 9.64. The lowest BCUT2D eigenvalue weighted by molar-refractivity contribution is -0.139. The number of aliphatic hydroxyl groups is 1. The minimum Gasteiger partial charge on any atom is -0.507 e. The van der Waals surface area contributed by atoms with E-state index in [4.69, 9.17) is 14.2 Å². The van der Waals surface area contributed by atoms with Crippen molar-refractivity contribution in [1.82, 2.24) is 9.80 Å². The molecule has 2 aromatic carbocycles. The summed E-state index contributed by atoms with van der Waals surface area (Å²) >= 11 is 0. The van der Waals surface area contributed by atoms with E-state index >= 15 is 0 Å². The van der Waals surface area contributed by atoms with Gasteiger partial charge < -0.3 is 29.1 Å². The minimum atomic E-state index is -0.761. The number of ether oxygens (including phenoxy) is 3. The molecule has 0 bridgehead atoms. The van der Waals surface area contributed by atoms with E-state index in [-0.39, 0.29) is 17.4 Å². The summed E-state index contributed by atoms with van der Waals surface area (Å²) in [6.07, 6.45) is 0.679. The molecule has 8 nitrogen and oxygen atoms in total. The van der Waals surface area contributed by atoms with Gasteiger partial charge in [-0.15, -0.1) is 0 Å². The number of rotatable bonds is 12. The number of hydrogen-bond acceptors (Lipinski definition) is 7. The maximum Gasteiger partial charge on any atom is 0.295 e. The number of nitrogens with zero attached hydrogens (tertiary/aromatic N) is 2. The van der Waals surface area contributed by atoms with E-state index < -0.39 is 17.7 Å². The van der Waals surface area contributed by atoms with Crippen LogP contribution in [0.3, 0.4) is 0 Å². The molecule has 1 fully saturated rings. The van der Waals surface area contributed by atoms with Crippen LogP contribution in [0, 0.1) is 0 Å². The average molecular weight is 511 g/mol. The van der Waals surface area contributed by atoms with Gasteiger partial charge in [-0.25, -0.2) is 0 Å². The van der Waals surface area contributed by atoms with Crippen molar-refractivity contribution in [2.24, 2.45) is 0 Å². The van der Waals surface area contributed by atoms with E-state index in [9.17, 15) is 14.7 Å². The molecule has 0 aliphatic carbocycles. The fourth-order valence-corrected chi connectivity index (χ4v) is 4.37. The summed E-state index contributed by atoms with van der Waals surface area (Å²) in [5.74, 6) is 0.203. The van der Waals surface area contributed by atoms with Crippen molar-refractivity contribution in [2.45, 2.75) is 46.3 Å². The topological polar surface area (TPSA) is 88.5 Å². The van der Waals surface area contributed by atoms with Crippen LogP contribution in [0.4, 0.5) is 0 Å². The largest absolute Gasteiger partial charge is 0.507 e. The molecule has 0 unspecified atom stereocenters. The lowest BCUT2D eigenvalue weighted by Gasteiger charge is -2.26. The Balaban J connectivity index is 2.10. The third-order valence-electron chi connectivity index (χ3n) is 5.93. The molecular formula is C29H38N2O6. The summed E-state index contributed by atoms with van der Waals surface area (Å²) in [6, 6.07) is 11.5. The molecular weight excluding hydrogens is 472 g/mol. The second kappa shape index (κ2) is 12.6. The molecule has 3 rings (SSSR count). The van der Waals surface area contributed by atoms with E-state index in [1.165, 1.54) is 0 Å². The Morgan fingerprint density at radius 3 is 2.24 bits per heavy atom. The standard InChI is InChI=1S/C29H38N2O6/c1-7-35-23-15-12-21(18-24(23)36-8-2)26-25(28(33)29(34)31(26)17-9-16-30(5)6)27(32)20-10-13-22(14-11-20)37-19(3)4/h10-15,18-19,26,32H,7-9,16-17H2,1-6H3/b27-25+/t26-/m1/s1. The number of benzene rings is 2. The van der Waals surface area contributed by atoms with E-state index in [2.05, 4.69) is 0 Å². The average Bonchev–Trinajstić information content (AvgIpc) is 3.10. The Morgan fingerprint density at radius 1 is 1.00 bits per heavy atom. The van der Waals surface area contributed by atoms with Crippen LogP contribution in [0.2, 0.25) is 0 Å². The van der Waals surface area contributed by atoms with Crippen molar-refractivity contribution in [3.8, 4) is 17.2 Å². The van der Waals surface area contributed by atoms with Gasteiger partial charge in [-0.05, 0) is 96.7 Å². The van der Waals surface area contributed by atoms with E-state index in [1.807, 2.05) is 52.8 Å².